The maximum atomic E-state index is 12.8. The van der Waals surface area contributed by atoms with E-state index < -0.39 is 0 Å². The van der Waals surface area contributed by atoms with Crippen LogP contribution in [0.1, 0.15) is 39.5 Å². The van der Waals surface area contributed by atoms with Gasteiger partial charge in [0.25, 0.3) is 0 Å². The van der Waals surface area contributed by atoms with Crippen LogP contribution in [-0.4, -0.2) is 21.6 Å². The van der Waals surface area contributed by atoms with E-state index in [0.717, 1.165) is 22.5 Å². The molecule has 0 fully saturated rings. The number of benzene rings is 3. The Morgan fingerprint density at radius 2 is 1.56 bits per heavy atom. The summed E-state index contributed by atoms with van der Waals surface area (Å²) < 4.78 is 0. The van der Waals surface area contributed by atoms with Gasteiger partial charge in [-0.15, -0.1) is 0 Å². The van der Waals surface area contributed by atoms with Crippen LogP contribution in [0.15, 0.2) is 108 Å². The number of para-hydroxylation sites is 1. The summed E-state index contributed by atoms with van der Waals surface area (Å²) in [5.41, 5.74) is 4.78. The van der Waals surface area contributed by atoms with Crippen LogP contribution in [0, 0.1) is 0 Å². The topological polar surface area (TPSA) is 65.8 Å². The van der Waals surface area contributed by atoms with Gasteiger partial charge in [-0.1, -0.05) is 54.6 Å². The summed E-state index contributed by atoms with van der Waals surface area (Å²) >= 11 is 0. The number of phenolic OH excluding ortho intramolecular Hbond substituents is 1. The number of carbonyl (C=O) groups excluding carboxylic acids is 1. The minimum absolute atomic E-state index is 0.0182. The molecule has 0 aliphatic carbocycles. The summed E-state index contributed by atoms with van der Waals surface area (Å²) in [7, 11) is 0. The van der Waals surface area contributed by atoms with E-state index in [-0.39, 0.29) is 17.6 Å². The first-order chi connectivity index (χ1) is 15.7. The molecule has 32 heavy (non-hydrogen) atoms. The van der Waals surface area contributed by atoms with E-state index in [4.69, 9.17) is 5.10 Å². The Bertz CT molecular complexity index is 1270. The lowest BCUT2D eigenvalue weighted by atomic mass is 9.98. The molecule has 1 aliphatic heterocycles. The lowest BCUT2D eigenvalue weighted by molar-refractivity contribution is 0.103. The number of aromatic hydroxyl groups is 1. The van der Waals surface area contributed by atoms with Gasteiger partial charge in [0.2, 0.25) is 0 Å². The van der Waals surface area contributed by atoms with Crippen LogP contribution in [0.3, 0.4) is 0 Å². The third-order valence-corrected chi connectivity index (χ3v) is 5.63. The Hall–Kier alpha value is -4.25. The molecule has 0 saturated heterocycles. The van der Waals surface area contributed by atoms with Crippen LogP contribution in [0.4, 0.5) is 5.69 Å². The summed E-state index contributed by atoms with van der Waals surface area (Å²) in [5, 5.41) is 17.3. The number of rotatable bonds is 5. The Morgan fingerprint density at radius 1 is 0.844 bits per heavy atom. The number of anilines is 1. The number of hydrogen-bond acceptors (Lipinski definition) is 5. The molecule has 5 heteroatoms. The number of hydrogen-bond donors (Lipinski definition) is 1. The van der Waals surface area contributed by atoms with Gasteiger partial charge in [0.05, 0.1) is 17.4 Å². The molecule has 1 N–H and O–H groups in total. The Balaban J connectivity index is 1.50. The van der Waals surface area contributed by atoms with E-state index in [1.54, 1.807) is 18.5 Å². The molecule has 0 radical (unpaired) electrons. The second kappa shape index (κ2) is 8.47. The second-order valence-corrected chi connectivity index (χ2v) is 7.65. The van der Waals surface area contributed by atoms with Gasteiger partial charge in [0, 0.05) is 41.1 Å². The zero-order valence-corrected chi connectivity index (χ0v) is 17.3. The number of aromatic nitrogens is 1. The molecule has 0 bridgehead atoms. The van der Waals surface area contributed by atoms with Crippen molar-refractivity contribution in [3.8, 4) is 5.75 Å². The van der Waals surface area contributed by atoms with E-state index in [1.165, 1.54) is 0 Å². The first kappa shape index (κ1) is 19.7. The average Bonchev–Trinajstić information content (AvgIpc) is 3.30. The highest BCUT2D eigenvalue weighted by molar-refractivity contribution is 6.09. The van der Waals surface area contributed by atoms with Crippen molar-refractivity contribution in [3.05, 3.63) is 126 Å². The first-order valence-electron chi connectivity index (χ1n) is 10.5. The monoisotopic (exact) mass is 419 g/mol. The molecular formula is C27H21N3O2. The number of ketones is 1. The van der Waals surface area contributed by atoms with Gasteiger partial charge in [0.1, 0.15) is 5.75 Å². The minimum atomic E-state index is -0.165. The van der Waals surface area contributed by atoms with Gasteiger partial charge in [-0.2, -0.15) is 5.10 Å². The quantitative estimate of drug-likeness (QED) is 0.442. The van der Waals surface area contributed by atoms with Crippen molar-refractivity contribution >= 4 is 17.2 Å². The molecule has 5 rings (SSSR count). The van der Waals surface area contributed by atoms with E-state index >= 15 is 0 Å². The van der Waals surface area contributed by atoms with Gasteiger partial charge in [-0.05, 0) is 36.4 Å². The van der Waals surface area contributed by atoms with Gasteiger partial charge >= 0.3 is 0 Å². The first-order valence-corrected chi connectivity index (χ1v) is 10.5. The Kier molecular flexibility index (Phi) is 5.22. The van der Waals surface area contributed by atoms with Crippen LogP contribution < -0.4 is 5.01 Å². The predicted molar refractivity (Wildman–Crippen MR) is 125 cm³/mol. The molecule has 156 valence electrons. The maximum Gasteiger partial charge on any atom is 0.193 e. The van der Waals surface area contributed by atoms with E-state index in [2.05, 4.69) is 4.98 Å². The highest BCUT2D eigenvalue weighted by Gasteiger charge is 2.31. The molecule has 1 atom stereocenters. The summed E-state index contributed by atoms with van der Waals surface area (Å²) in [6.45, 7) is 0. The lowest BCUT2D eigenvalue weighted by Crippen LogP contribution is -2.18. The van der Waals surface area contributed by atoms with Crippen LogP contribution in [0.5, 0.6) is 5.75 Å². The summed E-state index contributed by atoms with van der Waals surface area (Å²) in [5.74, 6) is 0.219. The zero-order valence-electron chi connectivity index (χ0n) is 17.3. The molecule has 1 aliphatic rings. The highest BCUT2D eigenvalue weighted by atomic mass is 16.3. The third kappa shape index (κ3) is 3.76. The van der Waals surface area contributed by atoms with Crippen LogP contribution in [0.2, 0.25) is 0 Å². The second-order valence-electron chi connectivity index (χ2n) is 7.65. The number of pyridine rings is 1. The lowest BCUT2D eigenvalue weighted by Gasteiger charge is -2.24. The molecule has 1 unspecified atom stereocenters. The third-order valence-electron chi connectivity index (χ3n) is 5.63. The Labute approximate surface area is 186 Å². The van der Waals surface area contributed by atoms with Crippen LogP contribution in [0.25, 0.3) is 0 Å². The Morgan fingerprint density at radius 3 is 2.28 bits per heavy atom. The molecule has 0 amide bonds. The smallest absolute Gasteiger partial charge is 0.193 e. The number of phenols is 1. The molecule has 2 heterocycles. The largest absolute Gasteiger partial charge is 0.508 e. The number of hydrazone groups is 1. The van der Waals surface area contributed by atoms with Gasteiger partial charge in [-0.3, -0.25) is 14.8 Å². The maximum absolute atomic E-state index is 12.8. The fraction of sp³-hybridized carbons (Fsp3) is 0.0741. The standard InChI is InChI=1S/C27H21N3O2/c31-26-11-5-4-10-23(26)25-17-24(21-9-6-16-28-18-21)29-30(25)22-14-12-20(13-15-22)27(32)19-7-2-1-3-8-19/h1-16,18,25,31H,17H2. The molecule has 5 nitrogen and oxygen atoms in total. The number of nitrogens with zero attached hydrogens (tertiary/aromatic N) is 3. The zero-order chi connectivity index (χ0) is 21.9. The molecular weight excluding hydrogens is 398 g/mol. The number of carbonyl (C=O) groups is 1. The van der Waals surface area contributed by atoms with Crippen molar-refractivity contribution in [2.45, 2.75) is 12.5 Å². The van der Waals surface area contributed by atoms with Crippen molar-refractivity contribution < 1.29 is 9.90 Å². The SMILES string of the molecule is O=C(c1ccccc1)c1ccc(N2N=C(c3cccnc3)CC2c2ccccc2O)cc1. The van der Waals surface area contributed by atoms with Gasteiger partial charge < -0.3 is 5.11 Å². The van der Waals surface area contributed by atoms with Gasteiger partial charge in [0.15, 0.2) is 5.78 Å². The molecule has 1 aromatic heterocycles. The summed E-state index contributed by atoms with van der Waals surface area (Å²) in [6.07, 6.45) is 4.17. The fourth-order valence-electron chi connectivity index (χ4n) is 3.99. The highest BCUT2D eigenvalue weighted by Crippen LogP contribution is 2.39. The summed E-state index contributed by atoms with van der Waals surface area (Å²) in [6, 6.07) is 27.7. The van der Waals surface area contributed by atoms with Crippen molar-refractivity contribution in [3.63, 3.8) is 0 Å². The minimum Gasteiger partial charge on any atom is -0.508 e. The molecule has 4 aromatic rings. The predicted octanol–water partition coefficient (Wildman–Crippen LogP) is 5.37. The average molecular weight is 419 g/mol. The van der Waals surface area contributed by atoms with Crippen molar-refractivity contribution in [1.82, 2.24) is 4.98 Å². The van der Waals surface area contributed by atoms with Crippen LogP contribution >= 0.6 is 0 Å². The molecule has 0 saturated carbocycles. The molecule has 3 aromatic carbocycles. The van der Waals surface area contributed by atoms with E-state index in [0.29, 0.717) is 17.5 Å². The van der Waals surface area contributed by atoms with Crippen molar-refractivity contribution in [2.24, 2.45) is 5.10 Å². The fourth-order valence-corrected chi connectivity index (χ4v) is 3.99. The molecule has 0 spiro atoms. The van der Waals surface area contributed by atoms with Gasteiger partial charge in [-0.25, -0.2) is 0 Å². The normalized spacial score (nSPS) is 15.4. The van der Waals surface area contributed by atoms with E-state index in [9.17, 15) is 9.90 Å². The van der Waals surface area contributed by atoms with Crippen LogP contribution in [-0.2, 0) is 0 Å². The van der Waals surface area contributed by atoms with E-state index in [1.807, 2.05) is 89.9 Å². The van der Waals surface area contributed by atoms with Crippen molar-refractivity contribution in [1.29, 1.82) is 0 Å². The van der Waals surface area contributed by atoms with Crippen molar-refractivity contribution in [2.75, 3.05) is 5.01 Å². The summed E-state index contributed by atoms with van der Waals surface area (Å²) in [4.78, 5) is 17.0.